The van der Waals surface area contributed by atoms with Crippen molar-refractivity contribution in [2.45, 2.75) is 65.9 Å². The van der Waals surface area contributed by atoms with Gasteiger partial charge in [0.2, 0.25) is 0 Å². The normalized spacial score (nSPS) is 27.2. The Morgan fingerprint density at radius 2 is 1.90 bits per heavy atom. The summed E-state index contributed by atoms with van der Waals surface area (Å²) in [4.78, 5) is 0. The summed E-state index contributed by atoms with van der Waals surface area (Å²) in [5.74, 6) is 0.711. The molecule has 0 spiro atoms. The van der Waals surface area contributed by atoms with Gasteiger partial charge in [0, 0.05) is 6.61 Å². The lowest BCUT2D eigenvalue weighted by molar-refractivity contribution is -0.0489. The molecule has 0 aromatic rings. The molecule has 0 radical (unpaired) electrons. The van der Waals surface area contributed by atoms with Crippen LogP contribution >= 0.6 is 0 Å². The van der Waals surface area contributed by atoms with E-state index in [-0.39, 0.29) is 12.0 Å². The van der Waals surface area contributed by atoms with Gasteiger partial charge in [-0.1, -0.05) is 34.1 Å². The van der Waals surface area contributed by atoms with Crippen LogP contribution in [0.4, 0.5) is 0 Å². The Morgan fingerprint density at radius 3 is 2.50 bits per heavy atom. The summed E-state index contributed by atoms with van der Waals surface area (Å²) in [7, 11) is 0. The summed E-state index contributed by atoms with van der Waals surface area (Å²) in [6.45, 7) is 11.1. The molecule has 3 atom stereocenters. The molecule has 0 bridgehead atoms. The van der Waals surface area contributed by atoms with Crippen LogP contribution in [0, 0.1) is 28.6 Å². The molecule has 116 valence electrons. The largest absolute Gasteiger partial charge is 0.379 e. The van der Waals surface area contributed by atoms with Crippen LogP contribution in [0.25, 0.3) is 0 Å². The molecule has 1 aliphatic rings. The molecule has 0 heterocycles. The van der Waals surface area contributed by atoms with Crippen molar-refractivity contribution in [1.29, 1.82) is 5.26 Å². The molecule has 0 amide bonds. The molecule has 1 saturated carbocycles. The number of nitriles is 1. The summed E-state index contributed by atoms with van der Waals surface area (Å²) < 4.78 is 11.5. The van der Waals surface area contributed by atoms with Crippen molar-refractivity contribution < 1.29 is 9.47 Å². The van der Waals surface area contributed by atoms with Gasteiger partial charge in [0.1, 0.15) is 0 Å². The number of ether oxygens (including phenoxy) is 2. The molecular formula is C17H31NO2. The fraction of sp³-hybridized carbons (Fsp3) is 0.941. The highest BCUT2D eigenvalue weighted by Crippen LogP contribution is 2.40. The van der Waals surface area contributed by atoms with Gasteiger partial charge >= 0.3 is 0 Å². The molecule has 0 aliphatic heterocycles. The van der Waals surface area contributed by atoms with Gasteiger partial charge in [-0.3, -0.25) is 0 Å². The predicted molar refractivity (Wildman–Crippen MR) is 81.4 cm³/mol. The number of hydrogen-bond donors (Lipinski definition) is 0. The number of hydrogen-bond acceptors (Lipinski definition) is 3. The van der Waals surface area contributed by atoms with Crippen molar-refractivity contribution in [2.24, 2.45) is 17.3 Å². The van der Waals surface area contributed by atoms with Crippen molar-refractivity contribution in [3.05, 3.63) is 0 Å². The van der Waals surface area contributed by atoms with Crippen LogP contribution in [0.2, 0.25) is 0 Å². The van der Waals surface area contributed by atoms with Gasteiger partial charge in [-0.2, -0.15) is 5.26 Å². The van der Waals surface area contributed by atoms with E-state index in [1.165, 1.54) is 0 Å². The van der Waals surface area contributed by atoms with Crippen LogP contribution in [0.5, 0.6) is 0 Å². The van der Waals surface area contributed by atoms with E-state index in [0.717, 1.165) is 38.7 Å². The summed E-state index contributed by atoms with van der Waals surface area (Å²) in [6, 6.07) is 2.42. The highest BCUT2D eigenvalue weighted by atomic mass is 16.5. The molecule has 0 saturated heterocycles. The maximum absolute atomic E-state index is 9.26. The van der Waals surface area contributed by atoms with Crippen molar-refractivity contribution in [3.8, 4) is 6.07 Å². The van der Waals surface area contributed by atoms with Gasteiger partial charge in [-0.05, 0) is 37.0 Å². The fourth-order valence-corrected chi connectivity index (χ4v) is 2.85. The van der Waals surface area contributed by atoms with E-state index in [9.17, 15) is 5.26 Å². The van der Waals surface area contributed by atoms with Gasteiger partial charge in [0.25, 0.3) is 0 Å². The smallest absolute Gasteiger partial charge is 0.0737 e. The third kappa shape index (κ3) is 5.81. The summed E-state index contributed by atoms with van der Waals surface area (Å²) in [6.07, 6.45) is 5.49. The molecule has 20 heavy (non-hydrogen) atoms. The Kier molecular flexibility index (Phi) is 7.55. The highest BCUT2D eigenvalue weighted by Gasteiger charge is 2.36. The molecular weight excluding hydrogens is 250 g/mol. The van der Waals surface area contributed by atoms with E-state index in [0.29, 0.717) is 24.5 Å². The first kappa shape index (κ1) is 17.5. The highest BCUT2D eigenvalue weighted by molar-refractivity contribution is 4.95. The SMILES string of the molecule is CCCCOCCOC1CC(C(C)(C)C)CCC1C#N. The lowest BCUT2D eigenvalue weighted by Crippen LogP contribution is -2.36. The average Bonchev–Trinajstić information content (AvgIpc) is 2.41. The molecule has 1 fully saturated rings. The molecule has 3 heteroatoms. The Bertz CT molecular complexity index is 303. The second-order valence-corrected chi connectivity index (χ2v) is 6.99. The first-order valence-corrected chi connectivity index (χ1v) is 8.08. The van der Waals surface area contributed by atoms with Gasteiger partial charge in [0.15, 0.2) is 0 Å². The minimum Gasteiger partial charge on any atom is -0.379 e. The van der Waals surface area contributed by atoms with E-state index in [4.69, 9.17) is 9.47 Å². The predicted octanol–water partition coefficient (Wildman–Crippen LogP) is 4.17. The van der Waals surface area contributed by atoms with Crippen LogP contribution < -0.4 is 0 Å². The van der Waals surface area contributed by atoms with Crippen LogP contribution in [-0.2, 0) is 9.47 Å². The summed E-state index contributed by atoms with van der Waals surface area (Å²) in [5.41, 5.74) is 0.305. The minimum absolute atomic E-state index is 0.0595. The van der Waals surface area contributed by atoms with Gasteiger partial charge < -0.3 is 9.47 Å². The first-order valence-electron chi connectivity index (χ1n) is 8.08. The Balaban J connectivity index is 2.34. The van der Waals surface area contributed by atoms with Crippen LogP contribution in [-0.4, -0.2) is 25.9 Å². The first-order chi connectivity index (χ1) is 9.49. The number of nitrogens with zero attached hydrogens (tertiary/aromatic N) is 1. The lowest BCUT2D eigenvalue weighted by Gasteiger charge is -2.39. The van der Waals surface area contributed by atoms with Crippen LogP contribution in [0.15, 0.2) is 0 Å². The third-order valence-electron chi connectivity index (χ3n) is 4.38. The molecule has 3 unspecified atom stereocenters. The monoisotopic (exact) mass is 281 g/mol. The van der Waals surface area contributed by atoms with Crippen molar-refractivity contribution >= 4 is 0 Å². The van der Waals surface area contributed by atoms with Gasteiger partial charge in [-0.15, -0.1) is 0 Å². The molecule has 1 aliphatic carbocycles. The maximum atomic E-state index is 9.26. The standard InChI is InChI=1S/C17H31NO2/c1-5-6-9-19-10-11-20-16-12-15(17(2,3)4)8-7-14(16)13-18/h14-16H,5-12H2,1-4H3. The van der Waals surface area contributed by atoms with E-state index in [1.54, 1.807) is 0 Å². The summed E-state index contributed by atoms with van der Waals surface area (Å²) in [5, 5.41) is 9.26. The van der Waals surface area contributed by atoms with Crippen molar-refractivity contribution in [1.82, 2.24) is 0 Å². The minimum atomic E-state index is 0.0595. The lowest BCUT2D eigenvalue weighted by atomic mass is 9.69. The van der Waals surface area contributed by atoms with Crippen molar-refractivity contribution in [3.63, 3.8) is 0 Å². The Hall–Kier alpha value is -0.590. The van der Waals surface area contributed by atoms with Gasteiger partial charge in [-0.25, -0.2) is 0 Å². The average molecular weight is 281 g/mol. The van der Waals surface area contributed by atoms with E-state index in [1.807, 2.05) is 0 Å². The molecule has 0 aromatic heterocycles. The molecule has 0 aromatic carbocycles. The van der Waals surface area contributed by atoms with Crippen LogP contribution in [0.1, 0.15) is 59.8 Å². The zero-order chi connectivity index (χ0) is 15.0. The summed E-state index contributed by atoms with van der Waals surface area (Å²) >= 11 is 0. The van der Waals surface area contributed by atoms with Gasteiger partial charge in [0.05, 0.1) is 31.3 Å². The van der Waals surface area contributed by atoms with E-state index in [2.05, 4.69) is 33.8 Å². The molecule has 0 N–H and O–H groups in total. The number of rotatable bonds is 7. The Labute approximate surface area is 124 Å². The fourth-order valence-electron chi connectivity index (χ4n) is 2.85. The van der Waals surface area contributed by atoms with Crippen molar-refractivity contribution in [2.75, 3.05) is 19.8 Å². The third-order valence-corrected chi connectivity index (χ3v) is 4.38. The maximum Gasteiger partial charge on any atom is 0.0737 e. The quantitative estimate of drug-likeness (QED) is 0.658. The Morgan fingerprint density at radius 1 is 1.15 bits per heavy atom. The zero-order valence-corrected chi connectivity index (χ0v) is 13.7. The topological polar surface area (TPSA) is 42.2 Å². The zero-order valence-electron chi connectivity index (χ0n) is 13.7. The second kappa shape index (κ2) is 8.64. The molecule has 1 rings (SSSR count). The van der Waals surface area contributed by atoms with E-state index < -0.39 is 0 Å². The molecule has 3 nitrogen and oxygen atoms in total. The van der Waals surface area contributed by atoms with E-state index >= 15 is 0 Å². The second-order valence-electron chi connectivity index (χ2n) is 6.99. The van der Waals surface area contributed by atoms with Crippen LogP contribution in [0.3, 0.4) is 0 Å². The number of unbranched alkanes of at least 4 members (excludes halogenated alkanes) is 1.